The number of hydrogen-bond donors (Lipinski definition) is 1. The maximum Gasteiger partial charge on any atom is 0.0521 e. The quantitative estimate of drug-likeness (QED) is 0.738. The van der Waals surface area contributed by atoms with Crippen molar-refractivity contribution in [3.63, 3.8) is 0 Å². The Hall–Kier alpha value is -0.120. The monoisotopic (exact) mass is 212 g/mol. The second kappa shape index (κ2) is 5.28. The highest BCUT2D eigenvalue weighted by atomic mass is 16.5. The maximum absolute atomic E-state index is 5.59. The van der Waals surface area contributed by atoms with Crippen LogP contribution < -0.4 is 5.32 Å². The lowest BCUT2D eigenvalue weighted by Crippen LogP contribution is -2.47. The Labute approximate surface area is 93.2 Å². The van der Waals surface area contributed by atoms with Crippen LogP contribution in [0.25, 0.3) is 0 Å². The van der Waals surface area contributed by atoms with Gasteiger partial charge in [0.05, 0.1) is 6.61 Å². The van der Waals surface area contributed by atoms with Crippen molar-refractivity contribution in [2.24, 2.45) is 5.92 Å². The van der Waals surface area contributed by atoms with E-state index in [0.717, 1.165) is 25.8 Å². The second-order valence-electron chi connectivity index (χ2n) is 4.96. The van der Waals surface area contributed by atoms with Crippen molar-refractivity contribution < 1.29 is 4.74 Å². The van der Waals surface area contributed by atoms with Gasteiger partial charge in [0.25, 0.3) is 0 Å². The van der Waals surface area contributed by atoms with Crippen molar-refractivity contribution in [2.45, 2.75) is 38.3 Å². The van der Waals surface area contributed by atoms with E-state index in [4.69, 9.17) is 4.74 Å². The third-order valence-corrected chi connectivity index (χ3v) is 3.63. The molecule has 2 atom stereocenters. The fraction of sp³-hybridized carbons (Fsp3) is 1.00. The summed E-state index contributed by atoms with van der Waals surface area (Å²) in [6.45, 7) is 6.34. The van der Waals surface area contributed by atoms with Gasteiger partial charge in [0.2, 0.25) is 0 Å². The highest BCUT2D eigenvalue weighted by Gasteiger charge is 2.31. The molecule has 1 saturated carbocycles. The molecule has 3 heteroatoms. The largest absolute Gasteiger partial charge is 0.381 e. The summed E-state index contributed by atoms with van der Waals surface area (Å²) < 4.78 is 5.59. The first-order chi connectivity index (χ1) is 7.31. The van der Waals surface area contributed by atoms with Crippen molar-refractivity contribution in [2.75, 3.05) is 33.4 Å². The summed E-state index contributed by atoms with van der Waals surface area (Å²) in [5.74, 6) is 0.685. The zero-order valence-corrected chi connectivity index (χ0v) is 10.0. The number of hydrogen-bond acceptors (Lipinski definition) is 3. The molecule has 1 aliphatic heterocycles. The van der Waals surface area contributed by atoms with Gasteiger partial charge in [-0.25, -0.2) is 0 Å². The molecular weight excluding hydrogens is 188 g/mol. The Balaban J connectivity index is 1.80. The van der Waals surface area contributed by atoms with Gasteiger partial charge in [-0.1, -0.05) is 6.92 Å². The average molecular weight is 212 g/mol. The standard InChI is InChI=1S/C12H24N2O/c1-3-13-12-6-7-15-9-10(12)8-14(2)11-4-5-11/h10-13H,3-9H2,1-2H3. The lowest BCUT2D eigenvalue weighted by molar-refractivity contribution is 0.0193. The van der Waals surface area contributed by atoms with Crippen LogP contribution in [0.1, 0.15) is 26.2 Å². The molecule has 0 amide bonds. The van der Waals surface area contributed by atoms with Crippen LogP contribution in [-0.2, 0) is 4.74 Å². The van der Waals surface area contributed by atoms with E-state index in [9.17, 15) is 0 Å². The Morgan fingerprint density at radius 1 is 1.33 bits per heavy atom. The van der Waals surface area contributed by atoms with Gasteiger partial charge >= 0.3 is 0 Å². The summed E-state index contributed by atoms with van der Waals surface area (Å²) in [5.41, 5.74) is 0. The van der Waals surface area contributed by atoms with E-state index in [2.05, 4.69) is 24.2 Å². The normalized spacial score (nSPS) is 32.2. The molecule has 0 aromatic carbocycles. The summed E-state index contributed by atoms with van der Waals surface area (Å²) in [5, 5.41) is 3.59. The fourth-order valence-corrected chi connectivity index (χ4v) is 2.54. The van der Waals surface area contributed by atoms with Crippen molar-refractivity contribution in [3.05, 3.63) is 0 Å². The summed E-state index contributed by atoms with van der Waals surface area (Å²) in [7, 11) is 2.26. The van der Waals surface area contributed by atoms with Gasteiger partial charge in [0.15, 0.2) is 0 Å². The topological polar surface area (TPSA) is 24.5 Å². The molecule has 0 spiro atoms. The minimum Gasteiger partial charge on any atom is -0.381 e. The van der Waals surface area contributed by atoms with E-state index < -0.39 is 0 Å². The van der Waals surface area contributed by atoms with E-state index in [1.807, 2.05) is 0 Å². The molecule has 1 aliphatic carbocycles. The predicted octanol–water partition coefficient (Wildman–Crippen LogP) is 1.10. The van der Waals surface area contributed by atoms with Gasteiger partial charge < -0.3 is 15.0 Å². The zero-order chi connectivity index (χ0) is 10.7. The molecule has 15 heavy (non-hydrogen) atoms. The Morgan fingerprint density at radius 3 is 2.80 bits per heavy atom. The number of nitrogens with zero attached hydrogens (tertiary/aromatic N) is 1. The lowest BCUT2D eigenvalue weighted by atomic mass is 9.95. The summed E-state index contributed by atoms with van der Waals surface area (Å²) in [4.78, 5) is 2.52. The van der Waals surface area contributed by atoms with Crippen LogP contribution in [0.2, 0.25) is 0 Å². The van der Waals surface area contributed by atoms with Gasteiger partial charge in [0, 0.05) is 31.2 Å². The van der Waals surface area contributed by atoms with Crippen molar-refractivity contribution in [1.29, 1.82) is 0 Å². The van der Waals surface area contributed by atoms with Crippen molar-refractivity contribution in [3.8, 4) is 0 Å². The summed E-state index contributed by atoms with van der Waals surface area (Å²) >= 11 is 0. The number of rotatable bonds is 5. The third-order valence-electron chi connectivity index (χ3n) is 3.63. The van der Waals surface area contributed by atoms with E-state index in [1.54, 1.807) is 0 Å². The molecule has 88 valence electrons. The molecule has 0 bridgehead atoms. The van der Waals surface area contributed by atoms with Crippen LogP contribution in [0.15, 0.2) is 0 Å². The molecule has 1 heterocycles. The lowest BCUT2D eigenvalue weighted by Gasteiger charge is -2.34. The molecule has 1 N–H and O–H groups in total. The molecule has 2 rings (SSSR count). The van der Waals surface area contributed by atoms with Crippen LogP contribution >= 0.6 is 0 Å². The van der Waals surface area contributed by atoms with Crippen molar-refractivity contribution in [1.82, 2.24) is 10.2 Å². The van der Waals surface area contributed by atoms with Crippen LogP contribution in [0.5, 0.6) is 0 Å². The smallest absolute Gasteiger partial charge is 0.0521 e. The second-order valence-corrected chi connectivity index (χ2v) is 4.96. The van der Waals surface area contributed by atoms with E-state index in [1.165, 1.54) is 25.8 Å². The molecule has 2 fully saturated rings. The van der Waals surface area contributed by atoms with Crippen molar-refractivity contribution >= 4 is 0 Å². The molecular formula is C12H24N2O. The fourth-order valence-electron chi connectivity index (χ4n) is 2.54. The average Bonchev–Trinajstić information content (AvgIpc) is 3.04. The van der Waals surface area contributed by atoms with Gasteiger partial charge in [-0.05, 0) is 32.9 Å². The van der Waals surface area contributed by atoms with Crippen LogP contribution in [0, 0.1) is 5.92 Å². The van der Waals surface area contributed by atoms with Gasteiger partial charge in [0.1, 0.15) is 0 Å². The molecule has 0 aromatic heterocycles. The molecule has 0 radical (unpaired) electrons. The maximum atomic E-state index is 5.59. The van der Waals surface area contributed by atoms with Crippen LogP contribution in [0.4, 0.5) is 0 Å². The Morgan fingerprint density at radius 2 is 2.13 bits per heavy atom. The number of ether oxygens (including phenoxy) is 1. The minimum absolute atomic E-state index is 0.671. The Kier molecular flexibility index (Phi) is 4.00. The summed E-state index contributed by atoms with van der Waals surface area (Å²) in [6, 6.07) is 1.54. The zero-order valence-electron chi connectivity index (χ0n) is 10.0. The van der Waals surface area contributed by atoms with Crippen LogP contribution in [-0.4, -0.2) is 50.3 Å². The Bertz CT molecular complexity index is 192. The third kappa shape index (κ3) is 3.16. The highest BCUT2D eigenvalue weighted by molar-refractivity contribution is 4.87. The first-order valence-electron chi connectivity index (χ1n) is 6.32. The molecule has 2 unspecified atom stereocenters. The van der Waals surface area contributed by atoms with E-state index in [-0.39, 0.29) is 0 Å². The molecule has 2 aliphatic rings. The first-order valence-corrected chi connectivity index (χ1v) is 6.32. The molecule has 0 aromatic rings. The number of nitrogens with one attached hydrogen (secondary N) is 1. The van der Waals surface area contributed by atoms with Gasteiger partial charge in [-0.2, -0.15) is 0 Å². The molecule has 1 saturated heterocycles. The van der Waals surface area contributed by atoms with Gasteiger partial charge in [-0.15, -0.1) is 0 Å². The predicted molar refractivity (Wildman–Crippen MR) is 62.0 cm³/mol. The highest BCUT2D eigenvalue weighted by Crippen LogP contribution is 2.27. The van der Waals surface area contributed by atoms with Crippen LogP contribution in [0.3, 0.4) is 0 Å². The summed E-state index contributed by atoms with van der Waals surface area (Å²) in [6.07, 6.45) is 3.98. The van der Waals surface area contributed by atoms with E-state index in [0.29, 0.717) is 12.0 Å². The molecule has 3 nitrogen and oxygen atoms in total. The minimum atomic E-state index is 0.671. The van der Waals surface area contributed by atoms with E-state index >= 15 is 0 Å². The SMILES string of the molecule is CCNC1CCOCC1CN(C)C1CC1. The van der Waals surface area contributed by atoms with Gasteiger partial charge in [-0.3, -0.25) is 0 Å². The first kappa shape index (κ1) is 11.4.